The number of anilines is 2. The molecule has 0 aliphatic carbocycles. The maximum atomic E-state index is 14.8. The van der Waals surface area contributed by atoms with Gasteiger partial charge in [0.25, 0.3) is 5.91 Å². The van der Waals surface area contributed by atoms with Crippen LogP contribution in [-0.4, -0.2) is 42.1 Å². The first kappa shape index (κ1) is 20.4. The van der Waals surface area contributed by atoms with E-state index in [1.807, 2.05) is 25.1 Å². The van der Waals surface area contributed by atoms with E-state index in [9.17, 15) is 9.18 Å². The summed E-state index contributed by atoms with van der Waals surface area (Å²) in [4.78, 5) is 26.4. The van der Waals surface area contributed by atoms with Crippen molar-refractivity contribution in [2.75, 3.05) is 30.0 Å². The lowest BCUT2D eigenvalue weighted by Crippen LogP contribution is -2.29. The maximum absolute atomic E-state index is 14.8. The summed E-state index contributed by atoms with van der Waals surface area (Å²) in [6, 6.07) is 11.7. The zero-order chi connectivity index (χ0) is 22.4. The van der Waals surface area contributed by atoms with E-state index in [1.54, 1.807) is 23.1 Å². The molecule has 2 aliphatic heterocycles. The first-order valence-electron chi connectivity index (χ1n) is 10.6. The van der Waals surface area contributed by atoms with Gasteiger partial charge in [-0.3, -0.25) is 14.7 Å². The van der Waals surface area contributed by atoms with Crippen LogP contribution in [0.1, 0.15) is 35.3 Å². The predicted octanol–water partition coefficient (Wildman–Crippen LogP) is 3.55. The fraction of sp³-hybridized carbons (Fsp3) is 0.292. The number of fused-ring (bicyclic) bond motifs is 1. The molecule has 3 aromatic rings. The number of aromatic nitrogens is 2. The summed E-state index contributed by atoms with van der Waals surface area (Å²) in [6.07, 6.45) is 2.44. The highest BCUT2D eigenvalue weighted by molar-refractivity contribution is 6.11. The van der Waals surface area contributed by atoms with Gasteiger partial charge in [0.2, 0.25) is 0 Å². The molecule has 2 aromatic heterocycles. The minimum atomic E-state index is -0.450. The molecular formula is C24H24FN5O2. The van der Waals surface area contributed by atoms with Crippen LogP contribution in [0, 0.1) is 5.82 Å². The molecular weight excluding hydrogens is 409 g/mol. The highest BCUT2D eigenvalue weighted by Gasteiger charge is 2.39. The van der Waals surface area contributed by atoms with Crippen LogP contribution in [0.2, 0.25) is 0 Å². The molecule has 1 aromatic carbocycles. The van der Waals surface area contributed by atoms with Crippen molar-refractivity contribution in [3.8, 4) is 17.0 Å². The van der Waals surface area contributed by atoms with Crippen LogP contribution in [0.4, 0.5) is 16.0 Å². The number of pyridine rings is 2. The van der Waals surface area contributed by atoms with Crippen molar-refractivity contribution in [3.05, 3.63) is 65.6 Å². The third-order valence-electron chi connectivity index (χ3n) is 6.19. The first-order valence-corrected chi connectivity index (χ1v) is 10.6. The minimum Gasteiger partial charge on any atom is -0.496 e. The van der Waals surface area contributed by atoms with Gasteiger partial charge in [0.15, 0.2) is 0 Å². The molecule has 32 heavy (non-hydrogen) atoms. The highest BCUT2D eigenvalue weighted by Crippen LogP contribution is 2.44. The summed E-state index contributed by atoms with van der Waals surface area (Å²) in [7, 11) is 1.49. The van der Waals surface area contributed by atoms with Crippen LogP contribution in [0.3, 0.4) is 0 Å². The molecule has 164 valence electrons. The summed E-state index contributed by atoms with van der Waals surface area (Å²) in [5.41, 5.74) is 7.86. The Morgan fingerprint density at radius 1 is 1.16 bits per heavy atom. The van der Waals surface area contributed by atoms with Gasteiger partial charge in [-0.1, -0.05) is 12.1 Å². The van der Waals surface area contributed by atoms with Crippen LogP contribution >= 0.6 is 0 Å². The molecule has 2 N–H and O–H groups in total. The van der Waals surface area contributed by atoms with E-state index in [-0.39, 0.29) is 23.6 Å². The van der Waals surface area contributed by atoms with Gasteiger partial charge in [-0.15, -0.1) is 0 Å². The quantitative estimate of drug-likeness (QED) is 0.677. The van der Waals surface area contributed by atoms with Gasteiger partial charge in [0.1, 0.15) is 23.2 Å². The molecule has 4 heterocycles. The number of carbonyl (C=O) groups excluding carboxylic acids is 1. The summed E-state index contributed by atoms with van der Waals surface area (Å²) < 4.78 is 20.2. The number of benzene rings is 1. The minimum absolute atomic E-state index is 0.126. The largest absolute Gasteiger partial charge is 0.496 e. The molecule has 0 saturated carbocycles. The van der Waals surface area contributed by atoms with E-state index in [0.717, 1.165) is 25.3 Å². The molecule has 2 aliphatic rings. The van der Waals surface area contributed by atoms with Crippen molar-refractivity contribution >= 4 is 17.5 Å². The number of amides is 1. The van der Waals surface area contributed by atoms with Crippen LogP contribution in [0.5, 0.6) is 5.75 Å². The second kappa shape index (κ2) is 7.87. The van der Waals surface area contributed by atoms with Crippen LogP contribution < -0.4 is 20.3 Å². The van der Waals surface area contributed by atoms with E-state index < -0.39 is 5.82 Å². The van der Waals surface area contributed by atoms with Gasteiger partial charge in [-0.2, -0.15) is 0 Å². The van der Waals surface area contributed by atoms with E-state index in [4.69, 9.17) is 15.5 Å². The summed E-state index contributed by atoms with van der Waals surface area (Å²) in [5.74, 6) is 1.07. The molecule has 1 amide bonds. The smallest absolute Gasteiger partial charge is 0.260 e. The Balaban J connectivity index is 1.58. The van der Waals surface area contributed by atoms with Crippen LogP contribution in [0.15, 0.2) is 48.7 Å². The fourth-order valence-electron chi connectivity index (χ4n) is 4.64. The lowest BCUT2D eigenvalue weighted by atomic mass is 9.98. The Hall–Kier alpha value is -3.52. The van der Waals surface area contributed by atoms with Crippen molar-refractivity contribution in [1.82, 2.24) is 9.97 Å². The topological polar surface area (TPSA) is 84.6 Å². The molecule has 8 heteroatoms. The normalized spacial score (nSPS) is 20.1. The Bertz CT molecular complexity index is 1200. The highest BCUT2D eigenvalue weighted by atomic mass is 19.1. The van der Waals surface area contributed by atoms with Crippen molar-refractivity contribution in [1.29, 1.82) is 0 Å². The standard InChI is InChI=1S/C24H24FN5O2/c1-14-21-16(9-11-27-23(21)22-17(25)5-3-6-18(22)32-2)24(31)30(14)20-8-4-7-19(28-20)29-12-10-15(26)13-29/h3-9,11,14-15H,10,12-13,26H2,1-2H3/t14?,15-/m0/s1. The molecule has 2 atom stereocenters. The Morgan fingerprint density at radius 2 is 1.94 bits per heavy atom. The molecule has 1 fully saturated rings. The van der Waals surface area contributed by atoms with Crippen molar-refractivity contribution in [2.24, 2.45) is 5.73 Å². The number of nitrogens with two attached hydrogens (primary N) is 1. The first-order chi connectivity index (χ1) is 15.5. The molecule has 1 saturated heterocycles. The number of rotatable bonds is 4. The van der Waals surface area contributed by atoms with Crippen molar-refractivity contribution in [3.63, 3.8) is 0 Å². The van der Waals surface area contributed by atoms with Gasteiger partial charge in [-0.05, 0) is 43.7 Å². The number of methoxy groups -OCH3 is 1. The lowest BCUT2D eigenvalue weighted by Gasteiger charge is -2.24. The van der Waals surface area contributed by atoms with Crippen LogP contribution in [-0.2, 0) is 0 Å². The van der Waals surface area contributed by atoms with Gasteiger partial charge in [-0.25, -0.2) is 9.37 Å². The molecule has 1 unspecified atom stereocenters. The summed E-state index contributed by atoms with van der Waals surface area (Å²) in [6.45, 7) is 3.48. The Morgan fingerprint density at radius 3 is 2.69 bits per heavy atom. The van der Waals surface area contributed by atoms with Gasteiger partial charge >= 0.3 is 0 Å². The monoisotopic (exact) mass is 433 g/mol. The van der Waals surface area contributed by atoms with Crippen molar-refractivity contribution in [2.45, 2.75) is 25.4 Å². The number of hydrogen-bond donors (Lipinski definition) is 1. The summed E-state index contributed by atoms with van der Waals surface area (Å²) in [5, 5.41) is 0. The van der Waals surface area contributed by atoms with E-state index in [2.05, 4.69) is 9.88 Å². The second-order valence-corrected chi connectivity index (χ2v) is 8.14. The van der Waals surface area contributed by atoms with E-state index in [1.165, 1.54) is 19.4 Å². The third kappa shape index (κ3) is 3.18. The van der Waals surface area contributed by atoms with Crippen molar-refractivity contribution < 1.29 is 13.9 Å². The van der Waals surface area contributed by atoms with Gasteiger partial charge in [0, 0.05) is 36.5 Å². The molecule has 0 bridgehead atoms. The predicted molar refractivity (Wildman–Crippen MR) is 120 cm³/mol. The third-order valence-corrected chi connectivity index (χ3v) is 6.19. The van der Waals surface area contributed by atoms with Gasteiger partial charge in [0.05, 0.1) is 24.4 Å². The zero-order valence-corrected chi connectivity index (χ0v) is 18.0. The maximum Gasteiger partial charge on any atom is 0.260 e. The average Bonchev–Trinajstić information content (AvgIpc) is 3.35. The average molecular weight is 433 g/mol. The number of halogens is 1. The SMILES string of the molecule is COc1cccc(F)c1-c1nccc2c1C(C)N(c1cccc(N3CC[C@H](N)C3)n1)C2=O. The van der Waals surface area contributed by atoms with E-state index >= 15 is 0 Å². The van der Waals surface area contributed by atoms with Gasteiger partial charge < -0.3 is 15.4 Å². The number of nitrogens with zero attached hydrogens (tertiary/aromatic N) is 4. The fourth-order valence-corrected chi connectivity index (χ4v) is 4.64. The van der Waals surface area contributed by atoms with Crippen LogP contribution in [0.25, 0.3) is 11.3 Å². The molecule has 5 rings (SSSR count). The summed E-state index contributed by atoms with van der Waals surface area (Å²) >= 11 is 0. The second-order valence-electron chi connectivity index (χ2n) is 8.14. The molecule has 7 nitrogen and oxygen atoms in total. The Kier molecular flexibility index (Phi) is 5.01. The molecule has 0 spiro atoms. The number of ether oxygens (including phenoxy) is 1. The number of carbonyl (C=O) groups is 1. The Labute approximate surface area is 185 Å². The number of hydrogen-bond acceptors (Lipinski definition) is 6. The van der Waals surface area contributed by atoms with E-state index in [0.29, 0.717) is 28.4 Å². The zero-order valence-electron chi connectivity index (χ0n) is 18.0. The lowest BCUT2D eigenvalue weighted by molar-refractivity contribution is 0.0991. The molecule has 0 radical (unpaired) electrons.